The lowest BCUT2D eigenvalue weighted by molar-refractivity contribution is -0.120. The molecule has 3 N–H and O–H groups in total. The summed E-state index contributed by atoms with van der Waals surface area (Å²) in [6.45, 7) is 2.80. The summed E-state index contributed by atoms with van der Waals surface area (Å²) in [4.78, 5) is 25.5. The van der Waals surface area contributed by atoms with E-state index in [0.29, 0.717) is 30.2 Å². The van der Waals surface area contributed by atoms with Crippen molar-refractivity contribution in [1.29, 1.82) is 0 Å². The lowest BCUT2D eigenvalue weighted by Gasteiger charge is -2.31. The predicted octanol–water partition coefficient (Wildman–Crippen LogP) is 1.88. The van der Waals surface area contributed by atoms with Gasteiger partial charge in [-0.25, -0.2) is 0 Å². The zero-order valence-electron chi connectivity index (χ0n) is 15.3. The fourth-order valence-corrected chi connectivity index (χ4v) is 2.80. The number of rotatable bonds is 6. The minimum atomic E-state index is -0.503. The topological polar surface area (TPSA) is 93.9 Å². The van der Waals surface area contributed by atoms with E-state index in [1.54, 1.807) is 24.3 Å². The van der Waals surface area contributed by atoms with Crippen LogP contribution in [0.15, 0.2) is 48.5 Å². The first-order chi connectivity index (χ1) is 12.9. The van der Waals surface area contributed by atoms with Gasteiger partial charge in [0.2, 0.25) is 11.8 Å². The highest BCUT2D eigenvalue weighted by atomic mass is 16.6. The molecule has 0 aliphatic carbocycles. The van der Waals surface area contributed by atoms with Crippen LogP contribution in [-0.2, 0) is 4.79 Å². The van der Waals surface area contributed by atoms with Gasteiger partial charge < -0.3 is 20.5 Å². The number of hydrogen-bond donors (Lipinski definition) is 2. The van der Waals surface area contributed by atoms with Gasteiger partial charge in [0.25, 0.3) is 0 Å². The number of anilines is 1. The fraction of sp³-hybridized carbons (Fsp3) is 0.300. The number of nitrogens with zero attached hydrogens (tertiary/aromatic N) is 1. The Morgan fingerprint density at radius 1 is 1.19 bits per heavy atom. The largest absolute Gasteiger partial charge is 0.486 e. The second-order valence-corrected chi connectivity index (χ2v) is 6.54. The van der Waals surface area contributed by atoms with E-state index in [1.165, 1.54) is 0 Å². The highest BCUT2D eigenvalue weighted by Crippen LogP contribution is 2.31. The van der Waals surface area contributed by atoms with E-state index in [1.807, 2.05) is 43.1 Å². The number of carbonyl (C=O) groups excluding carboxylic acids is 2. The van der Waals surface area contributed by atoms with Gasteiger partial charge in [-0.15, -0.1) is 0 Å². The maximum absolute atomic E-state index is 12.5. The number of para-hydroxylation sites is 2. The number of fused-ring (bicyclic) bond motifs is 1. The summed E-state index contributed by atoms with van der Waals surface area (Å²) >= 11 is 0. The number of ether oxygens (including phenoxy) is 2. The molecule has 27 heavy (non-hydrogen) atoms. The second-order valence-electron chi connectivity index (χ2n) is 6.54. The van der Waals surface area contributed by atoms with Crippen molar-refractivity contribution in [2.75, 3.05) is 25.5 Å². The molecule has 0 spiro atoms. The quantitative estimate of drug-likeness (QED) is 0.811. The van der Waals surface area contributed by atoms with Crippen molar-refractivity contribution in [3.63, 3.8) is 0 Å². The first-order valence-electron chi connectivity index (χ1n) is 8.73. The molecular formula is C20H23N3O4. The number of hydrogen-bond acceptors (Lipinski definition) is 5. The Balaban J connectivity index is 1.54. The lowest BCUT2D eigenvalue weighted by atomic mass is 10.2. The molecule has 0 saturated carbocycles. The molecule has 0 saturated heterocycles. The smallest absolute Gasteiger partial charge is 0.248 e. The van der Waals surface area contributed by atoms with Gasteiger partial charge in [-0.2, -0.15) is 0 Å². The molecule has 0 radical (unpaired) electrons. The summed E-state index contributed by atoms with van der Waals surface area (Å²) in [5.41, 5.74) is 6.22. The van der Waals surface area contributed by atoms with E-state index >= 15 is 0 Å². The third kappa shape index (κ3) is 4.57. The zero-order valence-corrected chi connectivity index (χ0v) is 15.3. The van der Waals surface area contributed by atoms with Gasteiger partial charge in [0.15, 0.2) is 11.5 Å². The number of nitrogens with one attached hydrogen (secondary N) is 1. The van der Waals surface area contributed by atoms with E-state index in [0.717, 1.165) is 5.75 Å². The molecule has 142 valence electrons. The van der Waals surface area contributed by atoms with Crippen LogP contribution >= 0.6 is 0 Å². The summed E-state index contributed by atoms with van der Waals surface area (Å²) in [5.74, 6) is 0.800. The van der Waals surface area contributed by atoms with Crippen molar-refractivity contribution in [2.24, 2.45) is 5.73 Å². The Morgan fingerprint density at radius 2 is 1.85 bits per heavy atom. The van der Waals surface area contributed by atoms with Crippen molar-refractivity contribution in [3.05, 3.63) is 54.1 Å². The lowest BCUT2D eigenvalue weighted by Crippen LogP contribution is -2.46. The Bertz CT molecular complexity index is 822. The zero-order chi connectivity index (χ0) is 19.4. The summed E-state index contributed by atoms with van der Waals surface area (Å²) in [5, 5.41) is 2.84. The number of benzene rings is 2. The molecule has 1 heterocycles. The van der Waals surface area contributed by atoms with Crippen molar-refractivity contribution in [2.45, 2.75) is 19.1 Å². The maximum Gasteiger partial charge on any atom is 0.248 e. The average molecular weight is 369 g/mol. The molecule has 1 aliphatic rings. The van der Waals surface area contributed by atoms with Gasteiger partial charge in [-0.1, -0.05) is 12.1 Å². The van der Waals surface area contributed by atoms with Gasteiger partial charge in [0.1, 0.15) is 12.7 Å². The van der Waals surface area contributed by atoms with Crippen LogP contribution in [0, 0.1) is 0 Å². The molecule has 0 bridgehead atoms. The number of nitrogens with two attached hydrogens (primary N) is 1. The minimum absolute atomic E-state index is 0.151. The van der Waals surface area contributed by atoms with Crippen LogP contribution in [0.2, 0.25) is 0 Å². The first-order valence-corrected chi connectivity index (χ1v) is 8.73. The van der Waals surface area contributed by atoms with E-state index in [9.17, 15) is 9.59 Å². The van der Waals surface area contributed by atoms with E-state index < -0.39 is 5.91 Å². The Morgan fingerprint density at radius 3 is 2.52 bits per heavy atom. The third-order valence-electron chi connectivity index (χ3n) is 4.54. The van der Waals surface area contributed by atoms with Crippen molar-refractivity contribution in [3.8, 4) is 11.5 Å². The van der Waals surface area contributed by atoms with Crippen molar-refractivity contribution >= 4 is 17.5 Å². The SMILES string of the molecule is C[C@H](C(=O)Nc1ccc(C(N)=O)cc1)N(C)C[C@@H]1COc2ccccc2O1. The standard InChI is InChI=1S/C20H23N3O4/c1-13(20(25)22-15-9-7-14(8-10-15)19(21)24)23(2)11-16-12-26-17-5-3-4-6-18(17)27-16/h3-10,13,16H,11-12H2,1-2H3,(H2,21,24)(H,22,25)/t13-,16-/m1/s1. The highest BCUT2D eigenvalue weighted by molar-refractivity contribution is 5.96. The predicted molar refractivity (Wildman–Crippen MR) is 102 cm³/mol. The molecule has 2 aromatic carbocycles. The van der Waals surface area contributed by atoms with Crippen LogP contribution in [0.3, 0.4) is 0 Å². The number of primary amides is 1. The Hall–Kier alpha value is -3.06. The molecule has 0 unspecified atom stereocenters. The molecule has 7 nitrogen and oxygen atoms in total. The minimum Gasteiger partial charge on any atom is -0.486 e. The monoisotopic (exact) mass is 369 g/mol. The van der Waals surface area contributed by atoms with Gasteiger partial charge in [-0.05, 0) is 50.4 Å². The number of likely N-dealkylation sites (N-methyl/N-ethyl adjacent to an activating group) is 1. The van der Waals surface area contributed by atoms with Gasteiger partial charge >= 0.3 is 0 Å². The summed E-state index contributed by atoms with van der Waals surface area (Å²) < 4.78 is 11.7. The molecule has 2 amide bonds. The Kier molecular flexibility index (Phi) is 5.61. The van der Waals surface area contributed by atoms with Crippen LogP contribution in [0.25, 0.3) is 0 Å². The maximum atomic E-state index is 12.5. The van der Waals surface area contributed by atoms with Crippen LogP contribution in [0.1, 0.15) is 17.3 Å². The van der Waals surface area contributed by atoms with Crippen LogP contribution in [-0.4, -0.2) is 49.1 Å². The normalized spacial score (nSPS) is 16.6. The van der Waals surface area contributed by atoms with Gasteiger partial charge in [-0.3, -0.25) is 14.5 Å². The molecule has 0 aromatic heterocycles. The van der Waals surface area contributed by atoms with Crippen molar-refractivity contribution < 1.29 is 19.1 Å². The third-order valence-corrected chi connectivity index (χ3v) is 4.54. The summed E-state index contributed by atoms with van der Waals surface area (Å²) in [6, 6.07) is 13.6. The summed E-state index contributed by atoms with van der Waals surface area (Å²) in [6.07, 6.45) is -0.157. The molecule has 2 aromatic rings. The molecular weight excluding hydrogens is 346 g/mol. The highest BCUT2D eigenvalue weighted by Gasteiger charge is 2.26. The first kappa shape index (κ1) is 18.7. The molecule has 7 heteroatoms. The number of carbonyl (C=O) groups is 2. The summed E-state index contributed by atoms with van der Waals surface area (Å²) in [7, 11) is 1.87. The molecule has 0 fully saturated rings. The van der Waals surface area contributed by atoms with E-state index in [4.69, 9.17) is 15.2 Å². The Labute approximate surface area is 158 Å². The van der Waals surface area contributed by atoms with Crippen LogP contribution in [0.5, 0.6) is 11.5 Å². The number of amides is 2. The molecule has 2 atom stereocenters. The van der Waals surface area contributed by atoms with E-state index in [-0.39, 0.29) is 18.1 Å². The average Bonchev–Trinajstić information content (AvgIpc) is 2.67. The fourth-order valence-electron chi connectivity index (χ4n) is 2.80. The van der Waals surface area contributed by atoms with Crippen LogP contribution in [0.4, 0.5) is 5.69 Å². The molecule has 1 aliphatic heterocycles. The van der Waals surface area contributed by atoms with E-state index in [2.05, 4.69) is 5.32 Å². The van der Waals surface area contributed by atoms with Gasteiger partial charge in [0.05, 0.1) is 6.04 Å². The van der Waals surface area contributed by atoms with Crippen LogP contribution < -0.4 is 20.5 Å². The second kappa shape index (κ2) is 8.09. The molecule has 3 rings (SSSR count). The van der Waals surface area contributed by atoms with Gasteiger partial charge in [0, 0.05) is 17.8 Å². The van der Waals surface area contributed by atoms with Crippen molar-refractivity contribution in [1.82, 2.24) is 4.90 Å².